The number of hydrogen-bond acceptors (Lipinski definition) is 4. The fourth-order valence-electron chi connectivity index (χ4n) is 1.04. The summed E-state index contributed by atoms with van der Waals surface area (Å²) < 4.78 is 0. The summed E-state index contributed by atoms with van der Waals surface area (Å²) in [4.78, 5) is 4.52. The van der Waals surface area contributed by atoms with Crippen LogP contribution in [0.3, 0.4) is 0 Å². The molecule has 0 aliphatic heterocycles. The van der Waals surface area contributed by atoms with Gasteiger partial charge in [-0.2, -0.15) is 15.4 Å². The molecule has 0 fully saturated rings. The zero-order valence-corrected chi connectivity index (χ0v) is 9.22. The average molecular weight is 208 g/mol. The fraction of sp³-hybridized carbons (Fsp3) is 0.444. The summed E-state index contributed by atoms with van der Waals surface area (Å²) in [6.45, 7) is 6.44. The highest BCUT2D eigenvalue weighted by molar-refractivity contribution is 7.13. The van der Waals surface area contributed by atoms with Crippen molar-refractivity contribution in [3.63, 3.8) is 0 Å². The molecule has 74 valence electrons. The maximum absolute atomic E-state index is 4.52. The Morgan fingerprint density at radius 3 is 2.64 bits per heavy atom. The molecule has 0 atom stereocenters. The Bertz CT molecular complexity index is 410. The lowest BCUT2D eigenvalue weighted by molar-refractivity contribution is 0.573. The summed E-state index contributed by atoms with van der Waals surface area (Å²) in [6.07, 6.45) is 1.69. The van der Waals surface area contributed by atoms with Gasteiger partial charge in [-0.25, -0.2) is 4.98 Å². The average Bonchev–Trinajstić information content (AvgIpc) is 2.73. The topological polar surface area (TPSA) is 54.5 Å². The van der Waals surface area contributed by atoms with Crippen molar-refractivity contribution in [2.24, 2.45) is 0 Å². The molecule has 0 saturated heterocycles. The maximum Gasteiger partial charge on any atom is 0.145 e. The zero-order chi connectivity index (χ0) is 10.2. The predicted octanol–water partition coefficient (Wildman–Crippen LogP) is 2.23. The lowest BCUT2D eigenvalue weighted by Crippen LogP contribution is -2.11. The summed E-state index contributed by atoms with van der Waals surface area (Å²) >= 11 is 1.60. The van der Waals surface area contributed by atoms with E-state index in [-0.39, 0.29) is 5.41 Å². The Kier molecular flexibility index (Phi) is 2.11. The van der Waals surface area contributed by atoms with E-state index in [1.54, 1.807) is 17.5 Å². The van der Waals surface area contributed by atoms with Crippen molar-refractivity contribution >= 4 is 11.3 Å². The number of aromatic nitrogens is 4. The van der Waals surface area contributed by atoms with Gasteiger partial charge in [-0.15, -0.1) is 11.3 Å². The van der Waals surface area contributed by atoms with E-state index in [0.29, 0.717) is 0 Å². The van der Waals surface area contributed by atoms with Crippen molar-refractivity contribution in [2.45, 2.75) is 26.2 Å². The Labute approximate surface area is 86.4 Å². The molecule has 1 N–H and O–H groups in total. The molecule has 2 aromatic rings. The van der Waals surface area contributed by atoms with Crippen LogP contribution in [0.25, 0.3) is 10.7 Å². The number of nitrogens with one attached hydrogen (secondary N) is 1. The van der Waals surface area contributed by atoms with Gasteiger partial charge in [0.15, 0.2) is 0 Å². The van der Waals surface area contributed by atoms with E-state index < -0.39 is 0 Å². The van der Waals surface area contributed by atoms with Gasteiger partial charge in [-0.1, -0.05) is 20.8 Å². The number of nitrogens with zero attached hydrogens (tertiary/aromatic N) is 3. The van der Waals surface area contributed by atoms with Gasteiger partial charge in [-0.3, -0.25) is 0 Å². The van der Waals surface area contributed by atoms with Gasteiger partial charge < -0.3 is 0 Å². The molecule has 0 aliphatic rings. The van der Waals surface area contributed by atoms with Gasteiger partial charge in [0.25, 0.3) is 0 Å². The minimum atomic E-state index is 0.0957. The Morgan fingerprint density at radius 2 is 2.14 bits per heavy atom. The molecule has 5 heteroatoms. The minimum Gasteiger partial charge on any atom is -0.239 e. The molecule has 0 amide bonds. The van der Waals surface area contributed by atoms with E-state index in [2.05, 4.69) is 46.5 Å². The predicted molar refractivity (Wildman–Crippen MR) is 56.2 cm³/mol. The lowest BCUT2D eigenvalue weighted by atomic mass is 9.93. The van der Waals surface area contributed by atoms with Gasteiger partial charge in [0, 0.05) is 10.8 Å². The van der Waals surface area contributed by atoms with Crippen molar-refractivity contribution < 1.29 is 0 Å². The van der Waals surface area contributed by atoms with Crippen LogP contribution >= 0.6 is 11.3 Å². The number of rotatable bonds is 1. The van der Waals surface area contributed by atoms with Crippen LogP contribution in [-0.4, -0.2) is 20.4 Å². The molecule has 0 spiro atoms. The first-order chi connectivity index (χ1) is 6.57. The summed E-state index contributed by atoms with van der Waals surface area (Å²) in [5.74, 6) is 0. The van der Waals surface area contributed by atoms with Crippen molar-refractivity contribution in [1.29, 1.82) is 0 Å². The van der Waals surface area contributed by atoms with Gasteiger partial charge in [0.1, 0.15) is 10.7 Å². The Hall–Kier alpha value is -1.23. The molecule has 4 nitrogen and oxygen atoms in total. The minimum absolute atomic E-state index is 0.0957. The molecule has 0 radical (unpaired) electrons. The first-order valence-corrected chi connectivity index (χ1v) is 5.27. The van der Waals surface area contributed by atoms with Gasteiger partial charge in [0.2, 0.25) is 0 Å². The Balaban J connectivity index is 2.36. The molecule has 14 heavy (non-hydrogen) atoms. The highest BCUT2D eigenvalue weighted by Crippen LogP contribution is 2.28. The second-order valence-corrected chi connectivity index (χ2v) is 5.00. The normalized spacial score (nSPS) is 11.9. The molecule has 2 heterocycles. The molecule has 2 aromatic heterocycles. The third kappa shape index (κ3) is 1.68. The SMILES string of the molecule is CC(C)(C)c1csc(-c2cn[nH]n2)n1. The summed E-state index contributed by atoms with van der Waals surface area (Å²) in [5.41, 5.74) is 2.00. The third-order valence-electron chi connectivity index (χ3n) is 1.91. The summed E-state index contributed by atoms with van der Waals surface area (Å²) in [7, 11) is 0. The monoisotopic (exact) mass is 208 g/mol. The lowest BCUT2D eigenvalue weighted by Gasteiger charge is -2.13. The van der Waals surface area contributed by atoms with Crippen LogP contribution in [0.15, 0.2) is 11.6 Å². The molecular formula is C9H12N4S. The van der Waals surface area contributed by atoms with E-state index in [1.165, 1.54) is 0 Å². The van der Waals surface area contributed by atoms with E-state index in [0.717, 1.165) is 16.4 Å². The number of aromatic amines is 1. The first kappa shape index (κ1) is 9.33. The van der Waals surface area contributed by atoms with Crippen molar-refractivity contribution in [2.75, 3.05) is 0 Å². The number of thiazole rings is 1. The van der Waals surface area contributed by atoms with Crippen LogP contribution < -0.4 is 0 Å². The zero-order valence-electron chi connectivity index (χ0n) is 8.40. The maximum atomic E-state index is 4.52. The molecule has 0 unspecified atom stereocenters. The highest BCUT2D eigenvalue weighted by Gasteiger charge is 2.18. The van der Waals surface area contributed by atoms with Crippen LogP contribution in [0.1, 0.15) is 26.5 Å². The van der Waals surface area contributed by atoms with Crippen molar-refractivity contribution in [3.05, 3.63) is 17.3 Å². The van der Waals surface area contributed by atoms with E-state index in [4.69, 9.17) is 0 Å². The van der Waals surface area contributed by atoms with E-state index in [1.807, 2.05) is 0 Å². The molecule has 2 rings (SSSR count). The fourth-order valence-corrected chi connectivity index (χ4v) is 2.04. The van der Waals surface area contributed by atoms with Crippen LogP contribution in [0.4, 0.5) is 0 Å². The first-order valence-electron chi connectivity index (χ1n) is 4.39. The molecular weight excluding hydrogens is 196 g/mol. The standard InChI is InChI=1S/C9H12N4S/c1-9(2,3)7-5-14-8(11-7)6-4-10-13-12-6/h4-5H,1-3H3,(H,10,12,13). The smallest absolute Gasteiger partial charge is 0.145 e. The largest absolute Gasteiger partial charge is 0.239 e. The quantitative estimate of drug-likeness (QED) is 0.781. The van der Waals surface area contributed by atoms with Gasteiger partial charge in [-0.05, 0) is 0 Å². The van der Waals surface area contributed by atoms with Crippen molar-refractivity contribution in [1.82, 2.24) is 20.4 Å². The molecule has 0 saturated carbocycles. The van der Waals surface area contributed by atoms with E-state index in [9.17, 15) is 0 Å². The van der Waals surface area contributed by atoms with Gasteiger partial charge >= 0.3 is 0 Å². The summed E-state index contributed by atoms with van der Waals surface area (Å²) in [6, 6.07) is 0. The highest BCUT2D eigenvalue weighted by atomic mass is 32.1. The number of H-pyrrole nitrogens is 1. The van der Waals surface area contributed by atoms with Gasteiger partial charge in [0.05, 0.1) is 11.9 Å². The van der Waals surface area contributed by atoms with Crippen LogP contribution in [0.5, 0.6) is 0 Å². The number of hydrogen-bond donors (Lipinski definition) is 1. The van der Waals surface area contributed by atoms with Crippen LogP contribution in [0, 0.1) is 0 Å². The summed E-state index contributed by atoms with van der Waals surface area (Å²) in [5, 5.41) is 13.3. The third-order valence-corrected chi connectivity index (χ3v) is 2.77. The van der Waals surface area contributed by atoms with E-state index >= 15 is 0 Å². The second-order valence-electron chi connectivity index (χ2n) is 4.14. The van der Waals surface area contributed by atoms with Crippen LogP contribution in [-0.2, 0) is 5.41 Å². The molecule has 0 bridgehead atoms. The molecule has 0 aromatic carbocycles. The van der Waals surface area contributed by atoms with Crippen LogP contribution in [0.2, 0.25) is 0 Å². The molecule has 0 aliphatic carbocycles. The van der Waals surface area contributed by atoms with Crippen molar-refractivity contribution in [3.8, 4) is 10.7 Å². The second kappa shape index (κ2) is 3.16. The Morgan fingerprint density at radius 1 is 1.36 bits per heavy atom.